The summed E-state index contributed by atoms with van der Waals surface area (Å²) in [7, 11) is 0. The van der Waals surface area contributed by atoms with Crippen LogP contribution < -0.4 is 0 Å². The van der Waals surface area contributed by atoms with E-state index in [-0.39, 0.29) is 0 Å². The zero-order chi connectivity index (χ0) is 14.4. The fraction of sp³-hybridized carbons (Fsp3) is 0.368. The van der Waals surface area contributed by atoms with Gasteiger partial charge in [0.1, 0.15) is 0 Å². The summed E-state index contributed by atoms with van der Waals surface area (Å²) in [6, 6.07) is 13.1. The molecule has 2 aromatic rings. The maximum Gasteiger partial charge on any atom is -0.0307 e. The Bertz CT molecular complexity index is 536. The number of hydrogen-bond acceptors (Lipinski definition) is 0. The minimum absolute atomic E-state index is 1.14. The number of hydrogen-bond donors (Lipinski definition) is 0. The maximum absolute atomic E-state index is 2.26. The lowest BCUT2D eigenvalue weighted by Gasteiger charge is -2.01. The van der Waals surface area contributed by atoms with Crippen LogP contribution in [0.5, 0.6) is 0 Å². The SMILES string of the molecule is CCc1ccc(C)c(C)c1.Cc1ccc(C)c(C)c1. The molecule has 0 aliphatic carbocycles. The quantitative estimate of drug-likeness (QED) is 0.632. The van der Waals surface area contributed by atoms with Crippen molar-refractivity contribution in [3.05, 3.63) is 69.8 Å². The van der Waals surface area contributed by atoms with Crippen molar-refractivity contribution >= 4 is 0 Å². The van der Waals surface area contributed by atoms with E-state index in [2.05, 4.69) is 77.9 Å². The van der Waals surface area contributed by atoms with Gasteiger partial charge < -0.3 is 0 Å². The molecule has 0 heteroatoms. The largest absolute Gasteiger partial charge is 0.0613 e. The summed E-state index contributed by atoms with van der Waals surface area (Å²) < 4.78 is 0. The highest BCUT2D eigenvalue weighted by Gasteiger charge is 1.92. The predicted octanol–water partition coefficient (Wildman–Crippen LogP) is 5.48. The van der Waals surface area contributed by atoms with Gasteiger partial charge in [0.2, 0.25) is 0 Å². The second-order valence-corrected chi connectivity index (χ2v) is 5.36. The Labute approximate surface area is 118 Å². The van der Waals surface area contributed by atoms with Crippen LogP contribution in [-0.4, -0.2) is 0 Å². The number of rotatable bonds is 1. The van der Waals surface area contributed by atoms with Crippen molar-refractivity contribution < 1.29 is 0 Å². The van der Waals surface area contributed by atoms with Crippen LogP contribution >= 0.6 is 0 Å². The third kappa shape index (κ3) is 4.90. The monoisotopic (exact) mass is 254 g/mol. The Morgan fingerprint density at radius 2 is 1.16 bits per heavy atom. The second-order valence-electron chi connectivity index (χ2n) is 5.36. The molecule has 0 spiro atoms. The van der Waals surface area contributed by atoms with Gasteiger partial charge in [-0.25, -0.2) is 0 Å². The van der Waals surface area contributed by atoms with Gasteiger partial charge in [-0.1, -0.05) is 48.9 Å². The van der Waals surface area contributed by atoms with E-state index < -0.39 is 0 Å². The first kappa shape index (κ1) is 15.5. The van der Waals surface area contributed by atoms with Crippen molar-refractivity contribution in [3.8, 4) is 0 Å². The summed E-state index contributed by atoms with van der Waals surface area (Å²) >= 11 is 0. The van der Waals surface area contributed by atoms with Crippen LogP contribution in [0.1, 0.15) is 40.3 Å². The standard InChI is InChI=1S/C10H14.C9H12/c1-4-10-6-5-8(2)9(3)7-10;1-7-4-5-8(2)9(3)6-7/h5-7H,4H2,1-3H3;4-6H,1-3H3. The molecule has 0 unspecified atom stereocenters. The summed E-state index contributed by atoms with van der Waals surface area (Å²) in [5.74, 6) is 0. The minimum atomic E-state index is 1.14. The average molecular weight is 254 g/mol. The Hall–Kier alpha value is -1.56. The molecule has 102 valence electrons. The van der Waals surface area contributed by atoms with Crippen LogP contribution in [0.25, 0.3) is 0 Å². The normalized spacial score (nSPS) is 9.79. The molecule has 0 aromatic heterocycles. The molecule has 0 heterocycles. The van der Waals surface area contributed by atoms with Gasteiger partial charge in [-0.2, -0.15) is 0 Å². The maximum atomic E-state index is 2.26. The highest BCUT2D eigenvalue weighted by molar-refractivity contribution is 5.30. The van der Waals surface area contributed by atoms with Gasteiger partial charge in [0.25, 0.3) is 0 Å². The van der Waals surface area contributed by atoms with Gasteiger partial charge in [0.15, 0.2) is 0 Å². The van der Waals surface area contributed by atoms with Gasteiger partial charge in [-0.15, -0.1) is 0 Å². The highest BCUT2D eigenvalue weighted by Crippen LogP contribution is 2.09. The molecule has 0 amide bonds. The third-order valence-corrected chi connectivity index (χ3v) is 3.64. The van der Waals surface area contributed by atoms with Crippen molar-refractivity contribution in [2.45, 2.75) is 48.0 Å². The van der Waals surface area contributed by atoms with Crippen LogP contribution in [-0.2, 0) is 6.42 Å². The summed E-state index contributed by atoms with van der Waals surface area (Å²) in [5.41, 5.74) is 8.33. The van der Waals surface area contributed by atoms with Gasteiger partial charge in [-0.05, 0) is 68.9 Å². The summed E-state index contributed by atoms with van der Waals surface area (Å²) in [5, 5.41) is 0. The highest BCUT2D eigenvalue weighted by atomic mass is 14.0. The van der Waals surface area contributed by atoms with Crippen molar-refractivity contribution in [3.63, 3.8) is 0 Å². The number of aryl methyl sites for hydroxylation is 6. The van der Waals surface area contributed by atoms with Crippen molar-refractivity contribution in [2.75, 3.05) is 0 Å². The van der Waals surface area contributed by atoms with Gasteiger partial charge >= 0.3 is 0 Å². The molecule has 19 heavy (non-hydrogen) atoms. The molecule has 0 saturated heterocycles. The second kappa shape index (κ2) is 7.13. The molecule has 0 atom stereocenters. The van der Waals surface area contributed by atoms with E-state index in [0.29, 0.717) is 0 Å². The van der Waals surface area contributed by atoms with Crippen LogP contribution in [0.2, 0.25) is 0 Å². The van der Waals surface area contributed by atoms with Gasteiger partial charge in [0, 0.05) is 0 Å². The molecule has 0 fully saturated rings. The van der Waals surface area contributed by atoms with E-state index in [1.807, 2.05) is 0 Å². The van der Waals surface area contributed by atoms with E-state index in [1.165, 1.54) is 33.4 Å². The van der Waals surface area contributed by atoms with Gasteiger partial charge in [0.05, 0.1) is 0 Å². The van der Waals surface area contributed by atoms with E-state index in [9.17, 15) is 0 Å². The van der Waals surface area contributed by atoms with Crippen LogP contribution in [0.4, 0.5) is 0 Å². The van der Waals surface area contributed by atoms with Crippen molar-refractivity contribution in [1.29, 1.82) is 0 Å². The molecule has 2 rings (SSSR count). The zero-order valence-electron chi connectivity index (χ0n) is 13.2. The van der Waals surface area contributed by atoms with Crippen LogP contribution in [0.15, 0.2) is 36.4 Å². The lowest BCUT2D eigenvalue weighted by molar-refractivity contribution is 1.12. The molecule has 0 radical (unpaired) electrons. The van der Waals surface area contributed by atoms with E-state index >= 15 is 0 Å². The Kier molecular flexibility index (Phi) is 5.82. The Morgan fingerprint density at radius 1 is 0.632 bits per heavy atom. The lowest BCUT2D eigenvalue weighted by Crippen LogP contribution is -1.84. The summed E-state index contributed by atoms with van der Waals surface area (Å²) in [6.45, 7) is 12.9. The third-order valence-electron chi connectivity index (χ3n) is 3.64. The van der Waals surface area contributed by atoms with E-state index in [0.717, 1.165) is 6.42 Å². The van der Waals surface area contributed by atoms with Crippen LogP contribution in [0.3, 0.4) is 0 Å². The Balaban J connectivity index is 0.000000191. The van der Waals surface area contributed by atoms with Gasteiger partial charge in [-0.3, -0.25) is 0 Å². The first-order valence-electron chi connectivity index (χ1n) is 7.04. The topological polar surface area (TPSA) is 0 Å². The first-order valence-corrected chi connectivity index (χ1v) is 7.04. The number of benzene rings is 2. The summed E-state index contributed by atoms with van der Waals surface area (Å²) in [4.78, 5) is 0. The van der Waals surface area contributed by atoms with E-state index in [1.54, 1.807) is 0 Å². The fourth-order valence-corrected chi connectivity index (χ4v) is 1.91. The average Bonchev–Trinajstić information content (AvgIpc) is 2.38. The summed E-state index contributed by atoms with van der Waals surface area (Å²) in [6.07, 6.45) is 1.14. The predicted molar refractivity (Wildman–Crippen MR) is 85.9 cm³/mol. The Morgan fingerprint density at radius 3 is 1.58 bits per heavy atom. The molecule has 0 aliphatic rings. The van der Waals surface area contributed by atoms with E-state index in [4.69, 9.17) is 0 Å². The fourth-order valence-electron chi connectivity index (χ4n) is 1.91. The molecule has 2 aromatic carbocycles. The molecular weight excluding hydrogens is 228 g/mol. The molecule has 0 N–H and O–H groups in total. The molecular formula is C19H26. The molecule has 0 nitrogen and oxygen atoms in total. The molecule has 0 bridgehead atoms. The molecule has 0 saturated carbocycles. The molecule has 0 aliphatic heterocycles. The van der Waals surface area contributed by atoms with Crippen LogP contribution in [0, 0.1) is 34.6 Å². The smallest absolute Gasteiger partial charge is 0.0307 e. The van der Waals surface area contributed by atoms with Crippen molar-refractivity contribution in [2.24, 2.45) is 0 Å². The minimum Gasteiger partial charge on any atom is -0.0613 e. The van der Waals surface area contributed by atoms with Crippen molar-refractivity contribution in [1.82, 2.24) is 0 Å². The zero-order valence-corrected chi connectivity index (χ0v) is 13.2. The lowest BCUT2D eigenvalue weighted by atomic mass is 10.1. The first-order chi connectivity index (χ1) is 8.93.